The van der Waals surface area contributed by atoms with E-state index in [9.17, 15) is 23.1 Å². The fraction of sp³-hybridized carbons (Fsp3) is 0.375. The van der Waals surface area contributed by atoms with E-state index < -0.39 is 27.8 Å². The largest absolute Gasteiger partial charge is 0.507 e. The Morgan fingerprint density at radius 3 is 2.43 bits per heavy atom. The number of aromatic nitrogens is 1. The lowest BCUT2D eigenvalue weighted by Gasteiger charge is -2.26. The number of sulfonamides is 1. The van der Waals surface area contributed by atoms with Gasteiger partial charge < -0.3 is 19.6 Å². The fourth-order valence-corrected chi connectivity index (χ4v) is 5.59. The number of aliphatic hydroxyl groups excluding tert-OH is 1. The lowest BCUT2D eigenvalue weighted by Crippen LogP contribution is -2.40. The van der Waals surface area contributed by atoms with E-state index in [2.05, 4.69) is 4.98 Å². The predicted octanol–water partition coefficient (Wildman–Crippen LogP) is 1.09. The summed E-state index contributed by atoms with van der Waals surface area (Å²) in [7, 11) is 0.0189. The number of rotatable bonds is 7. The summed E-state index contributed by atoms with van der Waals surface area (Å²) in [5, 5.41) is 11.2. The molecule has 186 valence electrons. The molecule has 1 aromatic heterocycles. The predicted molar refractivity (Wildman–Crippen MR) is 128 cm³/mol. The summed E-state index contributed by atoms with van der Waals surface area (Å²) in [6.07, 6.45) is 3.15. The van der Waals surface area contributed by atoms with Crippen molar-refractivity contribution in [1.29, 1.82) is 0 Å². The van der Waals surface area contributed by atoms with Gasteiger partial charge in [-0.05, 0) is 50.0 Å². The summed E-state index contributed by atoms with van der Waals surface area (Å²) in [6, 6.07) is 8.30. The van der Waals surface area contributed by atoms with Gasteiger partial charge in [0.05, 0.1) is 29.7 Å². The van der Waals surface area contributed by atoms with Crippen LogP contribution in [0, 0.1) is 0 Å². The lowest BCUT2D eigenvalue weighted by molar-refractivity contribution is -0.140. The third kappa shape index (κ3) is 4.98. The van der Waals surface area contributed by atoms with Crippen molar-refractivity contribution in [3.63, 3.8) is 0 Å². The van der Waals surface area contributed by atoms with Crippen LogP contribution in [0.15, 0.2) is 59.3 Å². The van der Waals surface area contributed by atoms with Crippen LogP contribution < -0.4 is 0 Å². The molecule has 1 amide bonds. The van der Waals surface area contributed by atoms with Crippen LogP contribution in [0.3, 0.4) is 0 Å². The van der Waals surface area contributed by atoms with Gasteiger partial charge in [0.25, 0.3) is 11.7 Å². The topological polar surface area (TPSA) is 120 Å². The minimum absolute atomic E-state index is 0.0504. The Morgan fingerprint density at radius 1 is 1.14 bits per heavy atom. The van der Waals surface area contributed by atoms with Gasteiger partial charge in [-0.1, -0.05) is 6.07 Å². The SMILES string of the molecule is CN(C)CCN1C(=O)C(=O)/C(=C(\O)c2ccc(S(=O)(=O)N3CCOCC3)cc2)C1c1cccnc1. The Hall–Kier alpha value is -3.12. The summed E-state index contributed by atoms with van der Waals surface area (Å²) < 4.78 is 32.4. The molecule has 11 heteroatoms. The van der Waals surface area contributed by atoms with E-state index in [1.165, 1.54) is 33.5 Å². The number of Topliss-reactive ketones (excluding diaryl/α,β-unsaturated/α-hetero) is 1. The second-order valence-corrected chi connectivity index (χ2v) is 10.6. The first kappa shape index (κ1) is 25.0. The Bertz CT molecular complexity index is 1220. The lowest BCUT2D eigenvalue weighted by atomic mass is 9.96. The monoisotopic (exact) mass is 500 g/mol. The number of amides is 1. The normalized spacial score (nSPS) is 21.1. The molecule has 1 atom stereocenters. The highest BCUT2D eigenvalue weighted by Gasteiger charge is 2.46. The third-order valence-electron chi connectivity index (χ3n) is 6.06. The zero-order valence-electron chi connectivity index (χ0n) is 19.6. The zero-order valence-corrected chi connectivity index (χ0v) is 20.4. The number of pyridine rings is 1. The highest BCUT2D eigenvalue weighted by atomic mass is 32.2. The maximum absolute atomic E-state index is 13.0. The summed E-state index contributed by atoms with van der Waals surface area (Å²) in [5.74, 6) is -1.85. The highest BCUT2D eigenvalue weighted by Crippen LogP contribution is 2.39. The van der Waals surface area contributed by atoms with E-state index in [-0.39, 0.29) is 41.4 Å². The van der Waals surface area contributed by atoms with Crippen LogP contribution in [0.2, 0.25) is 0 Å². The number of hydrogen-bond donors (Lipinski definition) is 1. The van der Waals surface area contributed by atoms with Gasteiger partial charge in [-0.15, -0.1) is 0 Å². The molecule has 2 fully saturated rings. The number of benzene rings is 1. The van der Waals surface area contributed by atoms with E-state index in [1.54, 1.807) is 24.5 Å². The molecule has 35 heavy (non-hydrogen) atoms. The van der Waals surface area contributed by atoms with Crippen LogP contribution in [-0.4, -0.2) is 97.8 Å². The average Bonchev–Trinajstić information content (AvgIpc) is 3.13. The number of likely N-dealkylation sites (N-methyl/N-ethyl adjacent to an activating group) is 1. The second kappa shape index (κ2) is 10.2. The molecular weight excluding hydrogens is 472 g/mol. The maximum atomic E-state index is 13.0. The van der Waals surface area contributed by atoms with Gasteiger partial charge in [-0.3, -0.25) is 14.6 Å². The first-order valence-corrected chi connectivity index (χ1v) is 12.7. The highest BCUT2D eigenvalue weighted by molar-refractivity contribution is 7.89. The van der Waals surface area contributed by atoms with Gasteiger partial charge in [0.2, 0.25) is 10.0 Å². The number of aliphatic hydroxyl groups is 1. The quantitative estimate of drug-likeness (QED) is 0.341. The first-order valence-electron chi connectivity index (χ1n) is 11.2. The maximum Gasteiger partial charge on any atom is 0.295 e. The van der Waals surface area contributed by atoms with E-state index >= 15 is 0 Å². The van der Waals surface area contributed by atoms with Gasteiger partial charge in [0, 0.05) is 44.1 Å². The molecule has 0 aliphatic carbocycles. The number of nitrogens with zero attached hydrogens (tertiary/aromatic N) is 4. The Labute approximate surface area is 204 Å². The number of ketones is 1. The molecule has 4 rings (SSSR count). The molecular formula is C24H28N4O6S. The van der Waals surface area contributed by atoms with Crippen molar-refractivity contribution in [3.05, 3.63) is 65.5 Å². The van der Waals surface area contributed by atoms with Crippen molar-refractivity contribution >= 4 is 27.5 Å². The molecule has 0 radical (unpaired) electrons. The summed E-state index contributed by atoms with van der Waals surface area (Å²) >= 11 is 0. The Balaban J connectivity index is 1.71. The number of likely N-dealkylation sites (tertiary alicyclic amines) is 1. The van der Waals surface area contributed by atoms with Crippen LogP contribution in [0.4, 0.5) is 0 Å². The molecule has 1 N–H and O–H groups in total. The van der Waals surface area contributed by atoms with Gasteiger partial charge in [0.1, 0.15) is 5.76 Å². The molecule has 0 spiro atoms. The fourth-order valence-electron chi connectivity index (χ4n) is 4.18. The molecule has 1 unspecified atom stereocenters. The van der Waals surface area contributed by atoms with Gasteiger partial charge in [0.15, 0.2) is 0 Å². The van der Waals surface area contributed by atoms with Crippen LogP contribution in [0.5, 0.6) is 0 Å². The van der Waals surface area contributed by atoms with Gasteiger partial charge in [-0.25, -0.2) is 8.42 Å². The first-order chi connectivity index (χ1) is 16.7. The molecule has 10 nitrogen and oxygen atoms in total. The van der Waals surface area contributed by atoms with E-state index in [0.29, 0.717) is 25.3 Å². The minimum Gasteiger partial charge on any atom is -0.507 e. The van der Waals surface area contributed by atoms with Crippen molar-refractivity contribution in [1.82, 2.24) is 19.1 Å². The van der Waals surface area contributed by atoms with Crippen molar-refractivity contribution in [2.24, 2.45) is 0 Å². The molecule has 2 aliphatic rings. The van der Waals surface area contributed by atoms with Gasteiger partial charge >= 0.3 is 0 Å². The molecule has 2 saturated heterocycles. The standard InChI is InChI=1S/C24H28N4O6S/c1-26(2)10-11-28-21(18-4-3-9-25-16-18)20(23(30)24(28)31)22(29)17-5-7-19(8-6-17)35(32,33)27-12-14-34-15-13-27/h3-9,16,21,29H,10-15H2,1-2H3/b22-20-. The molecule has 1 aromatic carbocycles. The minimum atomic E-state index is -3.71. The summed E-state index contributed by atoms with van der Waals surface area (Å²) in [6.45, 7) is 2.01. The van der Waals surface area contributed by atoms with Crippen LogP contribution in [0.25, 0.3) is 5.76 Å². The summed E-state index contributed by atoms with van der Waals surface area (Å²) in [5.41, 5.74) is 0.787. The zero-order chi connectivity index (χ0) is 25.2. The molecule has 2 aromatic rings. The number of ether oxygens (including phenoxy) is 1. The molecule has 0 saturated carbocycles. The van der Waals surface area contributed by atoms with Crippen molar-refractivity contribution in [3.8, 4) is 0 Å². The van der Waals surface area contributed by atoms with Crippen LogP contribution >= 0.6 is 0 Å². The number of carbonyl (C=O) groups excluding carboxylic acids is 2. The Kier molecular flexibility index (Phi) is 7.31. The van der Waals surface area contributed by atoms with Crippen LogP contribution in [-0.2, 0) is 24.3 Å². The number of hydrogen-bond acceptors (Lipinski definition) is 8. The van der Waals surface area contributed by atoms with Gasteiger partial charge in [-0.2, -0.15) is 4.31 Å². The smallest absolute Gasteiger partial charge is 0.295 e. The van der Waals surface area contributed by atoms with E-state index in [0.717, 1.165) is 0 Å². The second-order valence-electron chi connectivity index (χ2n) is 8.62. The average molecular weight is 501 g/mol. The van der Waals surface area contributed by atoms with Crippen molar-refractivity contribution in [2.75, 3.05) is 53.5 Å². The van der Waals surface area contributed by atoms with E-state index in [4.69, 9.17) is 4.74 Å². The number of carbonyl (C=O) groups is 2. The van der Waals surface area contributed by atoms with Crippen molar-refractivity contribution < 1.29 is 27.9 Å². The molecule has 3 heterocycles. The summed E-state index contributed by atoms with van der Waals surface area (Å²) in [4.78, 5) is 33.5. The number of morpholine rings is 1. The molecule has 0 bridgehead atoms. The van der Waals surface area contributed by atoms with Crippen molar-refractivity contribution in [2.45, 2.75) is 10.9 Å². The Morgan fingerprint density at radius 2 is 1.83 bits per heavy atom. The molecule has 2 aliphatic heterocycles. The van der Waals surface area contributed by atoms with Crippen LogP contribution in [0.1, 0.15) is 17.2 Å². The van der Waals surface area contributed by atoms with E-state index in [1.807, 2.05) is 19.0 Å². The third-order valence-corrected chi connectivity index (χ3v) is 7.98.